The Labute approximate surface area is 159 Å². The van der Waals surface area contributed by atoms with E-state index >= 15 is 0 Å². The molecule has 0 radical (unpaired) electrons. The molecule has 9 heteroatoms. The van der Waals surface area contributed by atoms with Crippen LogP contribution in [0, 0.1) is 6.92 Å². The number of anilines is 1. The van der Waals surface area contributed by atoms with Crippen LogP contribution < -0.4 is 11.0 Å². The molecule has 1 aromatic carbocycles. The molecule has 26 heavy (non-hydrogen) atoms. The molecule has 1 N–H and O–H groups in total. The second-order valence-corrected chi connectivity index (χ2v) is 8.09. The maximum Gasteiger partial charge on any atom is 0.367 e. The van der Waals surface area contributed by atoms with E-state index in [2.05, 4.69) is 15.5 Å². The summed E-state index contributed by atoms with van der Waals surface area (Å²) >= 11 is 7.51. The van der Waals surface area contributed by atoms with Crippen molar-refractivity contribution in [3.63, 3.8) is 0 Å². The van der Waals surface area contributed by atoms with Gasteiger partial charge in [0.05, 0.1) is 0 Å². The molecular weight excluding hydrogens is 374 g/mol. The number of thioether (sulfide) groups is 1. The topological polar surface area (TPSA) is 81.3 Å². The van der Waals surface area contributed by atoms with E-state index in [4.69, 9.17) is 11.6 Å². The summed E-state index contributed by atoms with van der Waals surface area (Å²) in [5.74, 6) is -0.363. The van der Waals surface area contributed by atoms with E-state index < -0.39 is 5.69 Å². The SMILES string of the molecule is Cc1ccc(Cl)cc1NC(=O)Cn1nc2ccc(SC(C)C)nn2c1=O. The molecule has 0 atom stereocenters. The maximum atomic E-state index is 12.5. The van der Waals surface area contributed by atoms with Crippen LogP contribution in [-0.4, -0.2) is 30.6 Å². The molecule has 2 aromatic heterocycles. The van der Waals surface area contributed by atoms with Crippen molar-refractivity contribution in [2.75, 3.05) is 5.32 Å². The fourth-order valence-electron chi connectivity index (χ4n) is 2.35. The normalized spacial score (nSPS) is 11.3. The van der Waals surface area contributed by atoms with Gasteiger partial charge in [-0.15, -0.1) is 16.9 Å². The Morgan fingerprint density at radius 2 is 2.04 bits per heavy atom. The van der Waals surface area contributed by atoms with Gasteiger partial charge in [0.15, 0.2) is 5.65 Å². The Morgan fingerprint density at radius 3 is 2.77 bits per heavy atom. The van der Waals surface area contributed by atoms with Crippen LogP contribution >= 0.6 is 23.4 Å². The first-order valence-electron chi connectivity index (χ1n) is 8.03. The number of rotatable bonds is 5. The number of aromatic nitrogens is 4. The lowest BCUT2D eigenvalue weighted by molar-refractivity contribution is -0.117. The number of carbonyl (C=O) groups is 1. The standard InChI is InChI=1S/C17H18ClN5O2S/c1-10(2)26-16-7-6-14-20-22(17(25)23(14)21-16)9-15(24)19-13-8-12(18)5-4-11(13)3/h4-8,10H,9H2,1-3H3,(H,19,24). The van der Waals surface area contributed by atoms with E-state index in [0.29, 0.717) is 21.6 Å². The van der Waals surface area contributed by atoms with E-state index in [1.807, 2.05) is 32.9 Å². The van der Waals surface area contributed by atoms with E-state index in [9.17, 15) is 9.59 Å². The Morgan fingerprint density at radius 1 is 1.27 bits per heavy atom. The average Bonchev–Trinajstić information content (AvgIpc) is 2.86. The Kier molecular flexibility index (Phi) is 5.33. The van der Waals surface area contributed by atoms with Crippen LogP contribution in [0.2, 0.25) is 5.02 Å². The average molecular weight is 392 g/mol. The predicted molar refractivity (Wildman–Crippen MR) is 103 cm³/mol. The van der Waals surface area contributed by atoms with Gasteiger partial charge in [-0.1, -0.05) is 31.5 Å². The van der Waals surface area contributed by atoms with E-state index in [-0.39, 0.29) is 12.5 Å². The number of carbonyl (C=O) groups excluding carboxylic acids is 1. The lowest BCUT2D eigenvalue weighted by Crippen LogP contribution is -2.29. The molecular formula is C17H18ClN5O2S. The number of nitrogens with one attached hydrogen (secondary N) is 1. The third kappa shape index (κ3) is 4.08. The molecule has 2 heterocycles. The zero-order valence-electron chi connectivity index (χ0n) is 14.6. The summed E-state index contributed by atoms with van der Waals surface area (Å²) in [6.07, 6.45) is 0. The number of halogens is 1. The molecule has 0 unspecified atom stereocenters. The summed E-state index contributed by atoms with van der Waals surface area (Å²) in [6, 6.07) is 8.75. The van der Waals surface area contributed by atoms with Crippen LogP contribution in [0.4, 0.5) is 5.69 Å². The zero-order chi connectivity index (χ0) is 18.8. The summed E-state index contributed by atoms with van der Waals surface area (Å²) in [6.45, 7) is 5.75. The fourth-order valence-corrected chi connectivity index (χ4v) is 3.28. The molecule has 0 spiro atoms. The van der Waals surface area contributed by atoms with E-state index in [0.717, 1.165) is 15.3 Å². The number of hydrogen-bond acceptors (Lipinski definition) is 5. The highest BCUT2D eigenvalue weighted by atomic mass is 35.5. The molecule has 0 saturated heterocycles. The zero-order valence-corrected chi connectivity index (χ0v) is 16.1. The van der Waals surface area contributed by atoms with Gasteiger partial charge < -0.3 is 5.32 Å². The molecule has 0 saturated carbocycles. The fraction of sp³-hybridized carbons (Fsp3) is 0.294. The van der Waals surface area contributed by atoms with Crippen molar-refractivity contribution >= 4 is 40.6 Å². The van der Waals surface area contributed by atoms with Crippen molar-refractivity contribution in [1.29, 1.82) is 0 Å². The maximum absolute atomic E-state index is 12.5. The highest BCUT2D eigenvalue weighted by Crippen LogP contribution is 2.21. The van der Waals surface area contributed by atoms with Crippen molar-refractivity contribution in [3.8, 4) is 0 Å². The smallest absolute Gasteiger partial charge is 0.324 e. The van der Waals surface area contributed by atoms with Crippen molar-refractivity contribution in [1.82, 2.24) is 19.4 Å². The molecule has 136 valence electrons. The van der Waals surface area contributed by atoms with Gasteiger partial charge in [-0.2, -0.15) is 9.61 Å². The molecule has 0 aliphatic heterocycles. The molecule has 7 nitrogen and oxygen atoms in total. The second kappa shape index (κ2) is 7.51. The van der Waals surface area contributed by atoms with Crippen LogP contribution in [0.3, 0.4) is 0 Å². The summed E-state index contributed by atoms with van der Waals surface area (Å²) in [4.78, 5) is 24.8. The van der Waals surface area contributed by atoms with Crippen LogP contribution in [0.5, 0.6) is 0 Å². The van der Waals surface area contributed by atoms with Gasteiger partial charge in [0.2, 0.25) is 5.91 Å². The van der Waals surface area contributed by atoms with Crippen LogP contribution in [0.1, 0.15) is 19.4 Å². The van der Waals surface area contributed by atoms with Gasteiger partial charge in [-0.25, -0.2) is 9.48 Å². The lowest BCUT2D eigenvalue weighted by atomic mass is 10.2. The summed E-state index contributed by atoms with van der Waals surface area (Å²) < 4.78 is 2.31. The number of benzene rings is 1. The first-order chi connectivity index (χ1) is 12.3. The number of fused-ring (bicyclic) bond motifs is 1. The molecule has 0 fully saturated rings. The number of nitrogens with zero attached hydrogens (tertiary/aromatic N) is 4. The van der Waals surface area contributed by atoms with Gasteiger partial charge in [0, 0.05) is 16.0 Å². The van der Waals surface area contributed by atoms with Crippen LogP contribution in [0.15, 0.2) is 40.2 Å². The van der Waals surface area contributed by atoms with Gasteiger partial charge in [0.25, 0.3) is 0 Å². The minimum atomic E-state index is -0.454. The number of amides is 1. The Hall–Kier alpha value is -2.32. The second-order valence-electron chi connectivity index (χ2n) is 6.06. The third-order valence-corrected chi connectivity index (χ3v) is 4.70. The quantitative estimate of drug-likeness (QED) is 0.676. The van der Waals surface area contributed by atoms with Gasteiger partial charge in [-0.05, 0) is 36.8 Å². The molecule has 3 aromatic rings. The minimum absolute atomic E-state index is 0.208. The van der Waals surface area contributed by atoms with Gasteiger partial charge >= 0.3 is 5.69 Å². The molecule has 0 aliphatic carbocycles. The number of aryl methyl sites for hydroxylation is 1. The predicted octanol–water partition coefficient (Wildman–Crippen LogP) is 2.99. The highest BCUT2D eigenvalue weighted by molar-refractivity contribution is 7.99. The van der Waals surface area contributed by atoms with Crippen molar-refractivity contribution in [2.45, 2.75) is 37.6 Å². The van der Waals surface area contributed by atoms with E-state index in [1.54, 1.807) is 30.0 Å². The molecule has 1 amide bonds. The van der Waals surface area contributed by atoms with Gasteiger partial charge in [0.1, 0.15) is 11.6 Å². The van der Waals surface area contributed by atoms with Crippen molar-refractivity contribution < 1.29 is 4.79 Å². The van der Waals surface area contributed by atoms with Gasteiger partial charge in [-0.3, -0.25) is 4.79 Å². The van der Waals surface area contributed by atoms with Crippen molar-refractivity contribution in [2.24, 2.45) is 0 Å². The molecule has 0 aliphatic rings. The summed E-state index contributed by atoms with van der Waals surface area (Å²) in [5, 5.41) is 12.8. The lowest BCUT2D eigenvalue weighted by Gasteiger charge is -2.08. The Bertz CT molecular complexity index is 1030. The van der Waals surface area contributed by atoms with Crippen LogP contribution in [0.25, 0.3) is 5.65 Å². The van der Waals surface area contributed by atoms with Crippen molar-refractivity contribution in [3.05, 3.63) is 51.4 Å². The highest BCUT2D eigenvalue weighted by Gasteiger charge is 2.13. The van der Waals surface area contributed by atoms with Crippen LogP contribution in [-0.2, 0) is 11.3 Å². The Balaban J connectivity index is 1.82. The number of hydrogen-bond donors (Lipinski definition) is 1. The summed E-state index contributed by atoms with van der Waals surface area (Å²) in [5.41, 5.74) is 1.43. The molecule has 0 bridgehead atoms. The summed E-state index contributed by atoms with van der Waals surface area (Å²) in [7, 11) is 0. The minimum Gasteiger partial charge on any atom is -0.324 e. The first kappa shape index (κ1) is 18.5. The molecule has 3 rings (SSSR count). The largest absolute Gasteiger partial charge is 0.367 e. The van der Waals surface area contributed by atoms with E-state index in [1.165, 1.54) is 4.52 Å². The first-order valence-corrected chi connectivity index (χ1v) is 9.29. The third-order valence-electron chi connectivity index (χ3n) is 3.54. The monoisotopic (exact) mass is 391 g/mol.